The number of aromatic nitrogens is 12. The average Bonchev–Trinajstić information content (AvgIpc) is 1.64. The molecule has 137 heavy (non-hydrogen) atoms. The Labute approximate surface area is 777 Å². The molecule has 5 aliphatic rings. The summed E-state index contributed by atoms with van der Waals surface area (Å²) in [6, 6.07) is 50.0. The van der Waals surface area contributed by atoms with E-state index in [-0.39, 0.29) is 44.8 Å². The quantitative estimate of drug-likeness (QED) is 0.0551. The number of anilines is 5. The lowest BCUT2D eigenvalue weighted by Gasteiger charge is -2.33. The van der Waals surface area contributed by atoms with E-state index in [2.05, 4.69) is 92.6 Å². The Morgan fingerprint density at radius 3 is 0.964 bits per heavy atom. The van der Waals surface area contributed by atoms with Crippen molar-refractivity contribution < 1.29 is 49.8 Å². The maximum atomic E-state index is 14.2. The van der Waals surface area contributed by atoms with Crippen LogP contribution in [0.4, 0.5) is 54.8 Å². The third-order valence-corrected chi connectivity index (χ3v) is 23.9. The molecule has 0 aliphatic carbocycles. The van der Waals surface area contributed by atoms with Crippen molar-refractivity contribution in [3.8, 4) is 73.5 Å². The Balaban J connectivity index is 0.000000114. The van der Waals surface area contributed by atoms with Crippen molar-refractivity contribution in [3.05, 3.63) is 294 Å². The number of aromatic hydroxyl groups is 1. The summed E-state index contributed by atoms with van der Waals surface area (Å²) in [5.74, 6) is -1.69. The van der Waals surface area contributed by atoms with Crippen LogP contribution < -0.4 is 88.4 Å². The van der Waals surface area contributed by atoms with Crippen molar-refractivity contribution in [2.24, 2.45) is 0 Å². The third-order valence-electron chi connectivity index (χ3n) is 23.9. The molecule has 12 aromatic heterocycles. The van der Waals surface area contributed by atoms with Gasteiger partial charge in [-0.3, -0.25) is 46.0 Å². The molecule has 0 amide bonds. The molecule has 0 bridgehead atoms. The van der Waals surface area contributed by atoms with Gasteiger partial charge in [0, 0.05) is 233 Å². The van der Waals surface area contributed by atoms with Gasteiger partial charge < -0.3 is 74.5 Å². The van der Waals surface area contributed by atoms with Crippen LogP contribution in [-0.2, 0) is 0 Å². The van der Waals surface area contributed by atoms with Gasteiger partial charge in [0.25, 0.3) is 27.8 Å². The molecule has 5 aromatic carbocycles. The molecule has 0 radical (unpaired) electrons. The molecule has 22 rings (SSSR count). The highest BCUT2D eigenvalue weighted by Gasteiger charge is 2.30. The van der Waals surface area contributed by atoms with Crippen molar-refractivity contribution in [3.63, 3.8) is 0 Å². The molecule has 38 heteroatoms. The maximum absolute atomic E-state index is 14.2. The van der Waals surface area contributed by atoms with E-state index in [9.17, 15) is 55.4 Å². The fraction of sp³-hybridized carbons (Fsp3) is 0.273. The van der Waals surface area contributed by atoms with Gasteiger partial charge in [0.1, 0.15) is 39.3 Å². The SMILES string of the molecule is CCOc1ccc(-c2cc(=O)n3cc(N4CCNCC4)ccc3n2)cc1F.Cc1nc2cc(-c3cc(=O)n4cc(N5CCNCC5)ccc4n3)ccc2o1.Cc1nc2cc(-c3cc(=O)n4cc(N5CCN[C@@H](C)C5)ccc4n3)ccc2o1.O=c1cc(-c2ccc(O)c(F)c2)nc2ccc(N3CCNCC3)cn12.O=c1cc(-c2ccc(OCC(F)(F)F)c(F)c2)nc2ccc(N3CCNCC3)cn12. The van der Waals surface area contributed by atoms with E-state index in [0.717, 1.165) is 198 Å². The van der Waals surface area contributed by atoms with E-state index in [1.165, 1.54) is 61.7 Å². The number of nitrogens with one attached hydrogen (secondary N) is 5. The third kappa shape index (κ3) is 21.4. The van der Waals surface area contributed by atoms with Crippen LogP contribution in [0.25, 0.3) is 107 Å². The molecule has 17 heterocycles. The first-order chi connectivity index (χ1) is 66.3. The van der Waals surface area contributed by atoms with Crippen LogP contribution in [0.1, 0.15) is 25.6 Å². The molecule has 32 nitrogen and oxygen atoms in total. The normalized spacial score (nSPS) is 15.3. The van der Waals surface area contributed by atoms with Gasteiger partial charge in [-0.1, -0.05) is 0 Å². The van der Waals surface area contributed by atoms with Gasteiger partial charge in [0.2, 0.25) is 0 Å². The van der Waals surface area contributed by atoms with Crippen molar-refractivity contribution >= 4 is 78.9 Å². The highest BCUT2D eigenvalue weighted by atomic mass is 19.4. The minimum Gasteiger partial charge on any atom is -0.505 e. The largest absolute Gasteiger partial charge is 0.505 e. The Kier molecular flexibility index (Phi) is 27.2. The molecular weight excluding hydrogens is 1770 g/mol. The van der Waals surface area contributed by atoms with Gasteiger partial charge in [-0.15, -0.1) is 0 Å². The summed E-state index contributed by atoms with van der Waals surface area (Å²) in [4.78, 5) is 106. The Hall–Kier alpha value is -15.4. The minimum absolute atomic E-state index is 0.0941. The number of phenols is 1. The molecule has 17 aromatic rings. The molecule has 5 aliphatic heterocycles. The summed E-state index contributed by atoms with van der Waals surface area (Å²) in [6.45, 7) is 23.6. The van der Waals surface area contributed by atoms with Crippen LogP contribution in [-0.4, -0.2) is 212 Å². The molecule has 0 saturated carbocycles. The van der Waals surface area contributed by atoms with E-state index in [0.29, 0.717) is 86.6 Å². The van der Waals surface area contributed by atoms with Gasteiger partial charge in [-0.05, 0) is 166 Å². The number of hydrogen-bond donors (Lipinski definition) is 6. The second-order valence-electron chi connectivity index (χ2n) is 33.3. The Morgan fingerprint density at radius 1 is 0.365 bits per heavy atom. The molecule has 1 atom stereocenters. The zero-order chi connectivity index (χ0) is 95.1. The topological polar surface area (TPSA) is 339 Å². The predicted molar refractivity (Wildman–Crippen MR) is 513 cm³/mol. The summed E-state index contributed by atoms with van der Waals surface area (Å²) >= 11 is 0. The van der Waals surface area contributed by atoms with Crippen LogP contribution in [0, 0.1) is 31.3 Å². The zero-order valence-corrected chi connectivity index (χ0v) is 75.1. The van der Waals surface area contributed by atoms with Gasteiger partial charge in [0.05, 0.1) is 63.5 Å². The van der Waals surface area contributed by atoms with Crippen molar-refractivity contribution in [1.29, 1.82) is 0 Å². The Morgan fingerprint density at radius 2 is 0.657 bits per heavy atom. The number of aryl methyl sites for hydroxylation is 2. The predicted octanol–water partition coefficient (Wildman–Crippen LogP) is 11.6. The minimum atomic E-state index is -4.57. The van der Waals surface area contributed by atoms with E-state index < -0.39 is 41.7 Å². The smallest absolute Gasteiger partial charge is 0.422 e. The number of rotatable bonds is 14. The van der Waals surface area contributed by atoms with Gasteiger partial charge >= 0.3 is 6.18 Å². The second-order valence-corrected chi connectivity index (χ2v) is 33.3. The fourth-order valence-electron chi connectivity index (χ4n) is 16.9. The number of fused-ring (bicyclic) bond motifs is 7. The first-order valence-corrected chi connectivity index (χ1v) is 45.0. The van der Waals surface area contributed by atoms with E-state index in [1.807, 2.05) is 117 Å². The number of hydrogen-bond acceptors (Lipinski definition) is 27. The number of phenolic OH excluding ortho intramolecular Hbond substituents is 1. The number of halogens is 6. The monoisotopic (exact) mass is 1870 g/mol. The van der Waals surface area contributed by atoms with Crippen LogP contribution in [0.2, 0.25) is 0 Å². The standard InChI is InChI=1S/C21H21N5O2.C20H18F4N4O2.C20H21FN4O2.C20H19N5O2.C18H17FN4O2/c1-13-11-25(8-7-22-13)16-4-6-20-24-17(10-21(27)26(20)12-16)15-3-5-19-18(9-15)23-14(2)28-19;21-15-9-13(1-3-17(15)30-12-20(22,23)24)16-10-19(29)28-11-14(2-4-18(28)26-16)27-7-5-25-6-8-27;1-2-27-18-5-3-14(11-16(18)21)17-12-20(26)25-13-15(4-6-19(25)23-17)24-9-7-22-8-10-24;1-13-22-17-10-14(2-4-18(17)27-13)16-11-20(26)25-12-15(3-5-19(25)23-16)24-8-6-21-7-9-24;19-14-9-12(1-3-16(14)24)15-10-18(25)23-11-13(2-4-17(23)21-15)22-7-5-20-6-8-22/h3-6,9-10,12-13,22H,7-8,11H2,1-2H3;1-4,9-11,25H,5-8,12H2;3-6,11-13,22H,2,7-10H2,1H3;2-5,10-12,21H,6-9H2,1H3;1-4,9-11,20,24H,5-8H2/t13-;;;;/m0..../s1. The zero-order valence-electron chi connectivity index (χ0n) is 75.1. The molecular formula is C99H96F6N22O10. The first-order valence-electron chi connectivity index (χ1n) is 45.0. The van der Waals surface area contributed by atoms with Gasteiger partial charge in [-0.25, -0.2) is 48.1 Å². The number of alkyl halides is 3. The molecule has 5 saturated heterocycles. The first kappa shape index (κ1) is 92.1. The summed E-state index contributed by atoms with van der Waals surface area (Å²) in [6.07, 6.45) is 4.52. The van der Waals surface area contributed by atoms with Crippen LogP contribution in [0.15, 0.2) is 246 Å². The second kappa shape index (κ2) is 40.4. The highest BCUT2D eigenvalue weighted by molar-refractivity contribution is 5.81. The lowest BCUT2D eigenvalue weighted by Crippen LogP contribution is -2.49. The molecule has 704 valence electrons. The summed E-state index contributed by atoms with van der Waals surface area (Å²) < 4.78 is 107. The number of oxazole rings is 2. The summed E-state index contributed by atoms with van der Waals surface area (Å²) in [5.41, 5.74) is 14.9. The molecule has 0 spiro atoms. The van der Waals surface area contributed by atoms with Gasteiger partial charge in [-0.2, -0.15) is 13.2 Å². The molecule has 5 fully saturated rings. The van der Waals surface area contributed by atoms with Crippen LogP contribution in [0.5, 0.6) is 17.2 Å². The average molecular weight is 1870 g/mol. The highest BCUT2D eigenvalue weighted by Crippen LogP contribution is 2.33. The lowest BCUT2D eigenvalue weighted by molar-refractivity contribution is -0.153. The number of ether oxygens (including phenoxy) is 2. The molecule has 6 N–H and O–H groups in total. The van der Waals surface area contributed by atoms with E-state index in [4.69, 9.17) is 18.6 Å². The lowest BCUT2D eigenvalue weighted by atomic mass is 10.1. The summed E-state index contributed by atoms with van der Waals surface area (Å²) in [5, 5.41) is 25.9. The van der Waals surface area contributed by atoms with Gasteiger partial charge in [0.15, 0.2) is 64.3 Å². The number of piperazine rings is 5. The van der Waals surface area contributed by atoms with E-state index in [1.54, 1.807) is 64.5 Å². The maximum Gasteiger partial charge on any atom is 0.422 e. The van der Waals surface area contributed by atoms with Crippen LogP contribution >= 0.6 is 0 Å². The number of pyridine rings is 5. The molecule has 0 unspecified atom stereocenters. The van der Waals surface area contributed by atoms with Crippen molar-refractivity contribution in [2.45, 2.75) is 39.9 Å². The number of nitrogens with zero attached hydrogens (tertiary/aromatic N) is 17. The summed E-state index contributed by atoms with van der Waals surface area (Å²) in [7, 11) is 0. The Bertz CT molecular complexity index is 7680. The van der Waals surface area contributed by atoms with Crippen LogP contribution in [0.3, 0.4) is 0 Å². The fourth-order valence-corrected chi connectivity index (χ4v) is 16.9. The van der Waals surface area contributed by atoms with E-state index >= 15 is 0 Å². The van der Waals surface area contributed by atoms with Crippen molar-refractivity contribution in [1.82, 2.24) is 83.5 Å². The van der Waals surface area contributed by atoms with Crippen molar-refractivity contribution in [2.75, 3.05) is 162 Å². The number of benzene rings is 5.